The van der Waals surface area contributed by atoms with Gasteiger partial charge in [-0.15, -0.1) is 11.3 Å². The van der Waals surface area contributed by atoms with E-state index >= 15 is 0 Å². The van der Waals surface area contributed by atoms with E-state index in [1.165, 1.54) is 29.1 Å². The molecule has 1 fully saturated rings. The van der Waals surface area contributed by atoms with Crippen molar-refractivity contribution >= 4 is 29.1 Å². The lowest BCUT2D eigenvalue weighted by Crippen LogP contribution is -2.41. The van der Waals surface area contributed by atoms with Crippen LogP contribution in [-0.2, 0) is 23.3 Å². The number of aromatic nitrogens is 1. The Bertz CT molecular complexity index is 1180. The van der Waals surface area contributed by atoms with Crippen LogP contribution in [0.2, 0.25) is 0 Å². The molecule has 1 aliphatic rings. The Hall–Kier alpha value is -3.26. The molecule has 0 aliphatic carbocycles. The fraction of sp³-hybridized carbons (Fsp3) is 0.292. The number of aryl methyl sites for hydroxylation is 2. The second kappa shape index (κ2) is 8.35. The van der Waals surface area contributed by atoms with E-state index in [2.05, 4.69) is 16.0 Å². The molecule has 3 aromatic rings. The predicted octanol–water partition coefficient (Wildman–Crippen LogP) is 4.20. The molecule has 1 aliphatic heterocycles. The van der Waals surface area contributed by atoms with E-state index in [4.69, 9.17) is 0 Å². The average Bonchev–Trinajstić information content (AvgIpc) is 3.42. The van der Waals surface area contributed by atoms with E-state index in [9.17, 15) is 18.8 Å². The summed E-state index contributed by atoms with van der Waals surface area (Å²) in [6.45, 7) is 5.77. The van der Waals surface area contributed by atoms with Crippen LogP contribution >= 0.6 is 11.3 Å². The Morgan fingerprint density at radius 2 is 1.88 bits per heavy atom. The zero-order valence-electron chi connectivity index (χ0n) is 18.1. The molecule has 2 aromatic heterocycles. The van der Waals surface area contributed by atoms with E-state index in [1.807, 2.05) is 31.4 Å². The molecular formula is C24H24FN3O3S. The number of imide groups is 1. The number of urea groups is 1. The van der Waals surface area contributed by atoms with E-state index < -0.39 is 23.3 Å². The molecule has 0 spiro atoms. The molecule has 166 valence electrons. The molecule has 3 heterocycles. The van der Waals surface area contributed by atoms with Gasteiger partial charge in [-0.2, -0.15) is 0 Å². The number of thiophene rings is 1. The fourth-order valence-electron chi connectivity index (χ4n) is 4.15. The van der Waals surface area contributed by atoms with Gasteiger partial charge in [-0.3, -0.25) is 14.5 Å². The summed E-state index contributed by atoms with van der Waals surface area (Å²) in [6, 6.07) is 10.7. The lowest BCUT2D eigenvalue weighted by atomic mass is 9.92. The van der Waals surface area contributed by atoms with Gasteiger partial charge >= 0.3 is 6.03 Å². The lowest BCUT2D eigenvalue weighted by molar-refractivity contribution is -0.130. The highest BCUT2D eigenvalue weighted by atomic mass is 32.1. The van der Waals surface area contributed by atoms with Crippen molar-refractivity contribution in [2.24, 2.45) is 0 Å². The summed E-state index contributed by atoms with van der Waals surface area (Å²) >= 11 is 1.70. The quantitative estimate of drug-likeness (QED) is 0.431. The number of halogens is 1. The maximum atomic E-state index is 13.3. The van der Waals surface area contributed by atoms with E-state index in [0.29, 0.717) is 11.1 Å². The number of Topliss-reactive ketones (excluding diaryl/α,β-unsaturated/α-hetero) is 1. The fourth-order valence-corrected chi connectivity index (χ4v) is 4.85. The van der Waals surface area contributed by atoms with Crippen LogP contribution in [0.15, 0.2) is 47.8 Å². The molecule has 0 bridgehead atoms. The number of rotatable bonds is 7. The average molecular weight is 454 g/mol. The second-order valence-electron chi connectivity index (χ2n) is 8.14. The van der Waals surface area contributed by atoms with E-state index in [1.54, 1.807) is 18.3 Å². The summed E-state index contributed by atoms with van der Waals surface area (Å²) in [5.41, 5.74) is 1.39. The van der Waals surface area contributed by atoms with Gasteiger partial charge in [-0.25, -0.2) is 9.18 Å². The Labute approximate surface area is 189 Å². The highest BCUT2D eigenvalue weighted by Gasteiger charge is 2.49. The van der Waals surface area contributed by atoms with Gasteiger partial charge in [0.25, 0.3) is 5.91 Å². The Morgan fingerprint density at radius 1 is 1.16 bits per heavy atom. The number of carbonyl (C=O) groups excluding carboxylic acids is 3. The molecule has 3 amide bonds. The first-order valence-electron chi connectivity index (χ1n) is 10.3. The zero-order valence-corrected chi connectivity index (χ0v) is 19.0. The van der Waals surface area contributed by atoms with E-state index in [-0.39, 0.29) is 12.3 Å². The first-order valence-corrected chi connectivity index (χ1v) is 11.2. The first-order chi connectivity index (χ1) is 15.2. The Balaban J connectivity index is 1.51. The number of carbonyl (C=O) groups is 3. The van der Waals surface area contributed by atoms with Crippen molar-refractivity contribution in [1.29, 1.82) is 0 Å². The summed E-state index contributed by atoms with van der Waals surface area (Å²) in [4.78, 5) is 40.9. The molecule has 4 rings (SSSR count). The summed E-state index contributed by atoms with van der Waals surface area (Å²) in [5, 5.41) is 4.69. The number of nitrogens with zero attached hydrogens (tertiary/aromatic N) is 2. The van der Waals surface area contributed by atoms with E-state index in [0.717, 1.165) is 29.3 Å². The number of hydrogen-bond donors (Lipinski definition) is 1. The molecule has 8 heteroatoms. The number of ketones is 1. The Kier molecular flexibility index (Phi) is 5.73. The number of benzene rings is 1. The smallest absolute Gasteiger partial charge is 0.325 e. The summed E-state index contributed by atoms with van der Waals surface area (Å²) in [5.74, 6) is -1.27. The maximum Gasteiger partial charge on any atom is 0.325 e. The molecule has 32 heavy (non-hydrogen) atoms. The standard InChI is InChI=1S/C24H24FN3O3S/c1-15-13-20(16(2)27(15)11-10-19-5-4-12-32-19)21(29)14-28-22(30)24(3,26-23(28)31)17-6-8-18(25)9-7-17/h4-9,12-13H,10-11,14H2,1-3H3,(H,26,31)/t24-/m1/s1. The number of nitrogens with one attached hydrogen (secondary N) is 1. The zero-order chi connectivity index (χ0) is 23.0. The van der Waals surface area contributed by atoms with Crippen LogP contribution in [0.25, 0.3) is 0 Å². The summed E-state index contributed by atoms with van der Waals surface area (Å²) in [7, 11) is 0. The third-order valence-corrected chi connectivity index (χ3v) is 6.97. The third-order valence-electron chi connectivity index (χ3n) is 6.03. The first kappa shape index (κ1) is 22.0. The second-order valence-corrected chi connectivity index (χ2v) is 9.17. The van der Waals surface area contributed by atoms with Gasteiger partial charge in [-0.05, 0) is 62.4 Å². The minimum absolute atomic E-state index is 0.299. The molecule has 1 saturated heterocycles. The monoisotopic (exact) mass is 453 g/mol. The molecule has 1 aromatic carbocycles. The summed E-state index contributed by atoms with van der Waals surface area (Å²) < 4.78 is 15.4. The van der Waals surface area contributed by atoms with Crippen molar-refractivity contribution in [3.05, 3.63) is 81.1 Å². The van der Waals surface area contributed by atoms with Gasteiger partial charge in [0, 0.05) is 28.4 Å². The van der Waals surface area contributed by atoms with Gasteiger partial charge in [0.15, 0.2) is 5.78 Å². The Morgan fingerprint density at radius 3 is 2.53 bits per heavy atom. The van der Waals surface area contributed by atoms with Crippen molar-refractivity contribution < 1.29 is 18.8 Å². The van der Waals surface area contributed by atoms with Crippen molar-refractivity contribution in [2.75, 3.05) is 6.54 Å². The molecule has 1 N–H and O–H groups in total. The van der Waals surface area contributed by atoms with Crippen LogP contribution in [0, 0.1) is 19.7 Å². The highest BCUT2D eigenvalue weighted by molar-refractivity contribution is 7.09. The SMILES string of the molecule is Cc1cc(C(=O)CN2C(=O)N[C@](C)(c3ccc(F)cc3)C2=O)c(C)n1CCc1cccs1. The number of hydrogen-bond acceptors (Lipinski definition) is 4. The normalized spacial score (nSPS) is 18.3. The molecular weight excluding hydrogens is 429 g/mol. The largest absolute Gasteiger partial charge is 0.348 e. The van der Waals surface area contributed by atoms with Crippen molar-refractivity contribution in [3.8, 4) is 0 Å². The van der Waals surface area contributed by atoms with Crippen LogP contribution in [0.5, 0.6) is 0 Å². The lowest BCUT2D eigenvalue weighted by Gasteiger charge is -2.22. The van der Waals surface area contributed by atoms with Gasteiger partial charge in [0.1, 0.15) is 11.4 Å². The maximum absolute atomic E-state index is 13.3. The summed E-state index contributed by atoms with van der Waals surface area (Å²) in [6.07, 6.45) is 0.866. The highest BCUT2D eigenvalue weighted by Crippen LogP contribution is 2.29. The molecule has 0 radical (unpaired) electrons. The van der Waals surface area contributed by atoms with Crippen LogP contribution in [0.1, 0.15) is 39.1 Å². The molecule has 0 saturated carbocycles. The molecule has 0 unspecified atom stereocenters. The number of amides is 3. The van der Waals surface area contributed by atoms with Gasteiger partial charge < -0.3 is 9.88 Å². The topological polar surface area (TPSA) is 71.4 Å². The van der Waals surface area contributed by atoms with Crippen LogP contribution in [-0.4, -0.2) is 33.7 Å². The predicted molar refractivity (Wildman–Crippen MR) is 120 cm³/mol. The van der Waals surface area contributed by atoms with Gasteiger partial charge in [0.05, 0.1) is 6.54 Å². The third kappa shape index (κ3) is 3.86. The van der Waals surface area contributed by atoms with Crippen molar-refractivity contribution in [2.45, 2.75) is 39.3 Å². The molecule has 1 atom stereocenters. The van der Waals surface area contributed by atoms with Crippen molar-refractivity contribution in [3.63, 3.8) is 0 Å². The van der Waals surface area contributed by atoms with Crippen LogP contribution in [0.4, 0.5) is 9.18 Å². The minimum Gasteiger partial charge on any atom is -0.348 e. The molecule has 6 nitrogen and oxygen atoms in total. The minimum atomic E-state index is -1.34. The van der Waals surface area contributed by atoms with Crippen LogP contribution in [0.3, 0.4) is 0 Å². The van der Waals surface area contributed by atoms with Gasteiger partial charge in [-0.1, -0.05) is 18.2 Å². The van der Waals surface area contributed by atoms with Crippen molar-refractivity contribution in [1.82, 2.24) is 14.8 Å². The van der Waals surface area contributed by atoms with Gasteiger partial charge in [0.2, 0.25) is 0 Å². The van der Waals surface area contributed by atoms with Crippen LogP contribution < -0.4 is 5.32 Å².